The number of benzene rings is 1. The van der Waals surface area contributed by atoms with Gasteiger partial charge in [-0.3, -0.25) is 0 Å². The minimum absolute atomic E-state index is 0.337. The Labute approximate surface area is 128 Å². The Morgan fingerprint density at radius 1 is 1.29 bits per heavy atom. The van der Waals surface area contributed by atoms with Crippen molar-refractivity contribution in [1.82, 2.24) is 4.98 Å². The number of hydrogen-bond donors (Lipinski definition) is 0. The van der Waals surface area contributed by atoms with Crippen LogP contribution in [0, 0.1) is 6.92 Å². The molecule has 0 amide bonds. The minimum atomic E-state index is -0.365. The summed E-state index contributed by atoms with van der Waals surface area (Å²) in [7, 11) is 0. The van der Waals surface area contributed by atoms with E-state index in [1.807, 2.05) is 44.2 Å². The summed E-state index contributed by atoms with van der Waals surface area (Å²) in [6, 6.07) is 9.58. The summed E-state index contributed by atoms with van der Waals surface area (Å²) >= 11 is 1.43. The fourth-order valence-electron chi connectivity index (χ4n) is 1.87. The molecule has 0 unspecified atom stereocenters. The van der Waals surface area contributed by atoms with Gasteiger partial charge >= 0.3 is 5.97 Å². The number of esters is 1. The predicted molar refractivity (Wildman–Crippen MR) is 83.9 cm³/mol. The van der Waals surface area contributed by atoms with Crippen molar-refractivity contribution in [3.63, 3.8) is 0 Å². The zero-order chi connectivity index (χ0) is 15.2. The van der Waals surface area contributed by atoms with Crippen LogP contribution in [0.5, 0.6) is 0 Å². The number of aromatic nitrogens is 1. The quantitative estimate of drug-likeness (QED) is 0.813. The highest BCUT2D eigenvalue weighted by Gasteiger charge is 2.16. The summed E-state index contributed by atoms with van der Waals surface area (Å²) in [6.07, 6.45) is 0.811. The second-order valence-electron chi connectivity index (χ2n) is 4.39. The number of para-hydroxylation sites is 1. The number of carbonyl (C=O) groups is 1. The van der Waals surface area contributed by atoms with Crippen LogP contribution in [0.1, 0.15) is 34.9 Å². The van der Waals surface area contributed by atoms with Crippen molar-refractivity contribution < 1.29 is 9.53 Å². The number of aryl methyl sites for hydroxylation is 2. The Morgan fingerprint density at radius 2 is 2.00 bits per heavy atom. The Morgan fingerprint density at radius 3 is 2.62 bits per heavy atom. The Hall–Kier alpha value is -2.01. The van der Waals surface area contributed by atoms with E-state index < -0.39 is 0 Å². The number of ether oxygens (including phenoxy) is 1. The van der Waals surface area contributed by atoms with Crippen LogP contribution in [0.4, 0.5) is 5.69 Å². The molecule has 0 atom stereocenters. The highest BCUT2D eigenvalue weighted by Crippen LogP contribution is 2.13. The SMILES string of the molecule is CCOC(=O)c1c(C)nc(CC)sc1=Nc1ccccc1. The van der Waals surface area contributed by atoms with Gasteiger partial charge in [-0.25, -0.2) is 14.8 Å². The lowest BCUT2D eigenvalue weighted by Crippen LogP contribution is -2.20. The highest BCUT2D eigenvalue weighted by atomic mass is 32.1. The van der Waals surface area contributed by atoms with Crippen molar-refractivity contribution in [2.24, 2.45) is 4.99 Å². The second-order valence-corrected chi connectivity index (χ2v) is 5.46. The lowest BCUT2D eigenvalue weighted by Gasteiger charge is -2.07. The molecule has 1 heterocycles. The molecule has 0 bridgehead atoms. The van der Waals surface area contributed by atoms with Gasteiger partial charge in [0.05, 0.1) is 23.0 Å². The van der Waals surface area contributed by atoms with E-state index in [2.05, 4.69) is 9.98 Å². The molecule has 1 aromatic carbocycles. The summed E-state index contributed by atoms with van der Waals surface area (Å²) in [6.45, 7) is 5.98. The molecule has 2 rings (SSSR count). The summed E-state index contributed by atoms with van der Waals surface area (Å²) in [5.41, 5.74) is 1.94. The standard InChI is InChI=1S/C16H18N2O2S/c1-4-13-17-11(3)14(16(19)20-5-2)15(21-13)18-12-9-7-6-8-10-12/h6-10H,4-5H2,1-3H3. The van der Waals surface area contributed by atoms with Crippen LogP contribution >= 0.6 is 11.3 Å². The first-order valence-electron chi connectivity index (χ1n) is 6.93. The molecule has 0 N–H and O–H groups in total. The van der Waals surface area contributed by atoms with Crippen LogP contribution in [0.15, 0.2) is 35.3 Å². The fraction of sp³-hybridized carbons (Fsp3) is 0.312. The molecule has 1 aromatic heterocycles. The maximum Gasteiger partial charge on any atom is 0.343 e. The average molecular weight is 302 g/mol. The van der Waals surface area contributed by atoms with E-state index >= 15 is 0 Å². The second kappa shape index (κ2) is 7.13. The molecule has 110 valence electrons. The van der Waals surface area contributed by atoms with E-state index in [-0.39, 0.29) is 5.97 Å². The van der Waals surface area contributed by atoms with Gasteiger partial charge in [0.25, 0.3) is 0 Å². The van der Waals surface area contributed by atoms with Crippen LogP contribution in [-0.2, 0) is 11.2 Å². The zero-order valence-electron chi connectivity index (χ0n) is 12.4. The van der Waals surface area contributed by atoms with E-state index in [1.165, 1.54) is 11.3 Å². The van der Waals surface area contributed by atoms with Crippen LogP contribution < -0.4 is 4.67 Å². The summed E-state index contributed by atoms with van der Waals surface area (Å²) in [5, 5.41) is 0.954. The van der Waals surface area contributed by atoms with Gasteiger partial charge in [0, 0.05) is 0 Å². The van der Waals surface area contributed by atoms with Crippen molar-refractivity contribution in [2.75, 3.05) is 6.61 Å². The van der Waals surface area contributed by atoms with Gasteiger partial charge in [-0.05, 0) is 32.4 Å². The molecule has 0 aliphatic carbocycles. The van der Waals surface area contributed by atoms with Gasteiger partial charge in [-0.1, -0.05) is 25.1 Å². The van der Waals surface area contributed by atoms with Crippen molar-refractivity contribution >= 4 is 23.0 Å². The lowest BCUT2D eigenvalue weighted by atomic mass is 10.2. The monoisotopic (exact) mass is 302 g/mol. The minimum Gasteiger partial charge on any atom is -0.462 e. The van der Waals surface area contributed by atoms with Crippen molar-refractivity contribution in [1.29, 1.82) is 0 Å². The fourth-order valence-corrected chi connectivity index (χ4v) is 2.91. The maximum absolute atomic E-state index is 12.2. The van der Waals surface area contributed by atoms with Crippen molar-refractivity contribution in [3.05, 3.63) is 51.3 Å². The van der Waals surface area contributed by atoms with Crippen LogP contribution in [0.2, 0.25) is 0 Å². The van der Waals surface area contributed by atoms with Gasteiger partial charge in [0.15, 0.2) is 0 Å². The lowest BCUT2D eigenvalue weighted by molar-refractivity contribution is 0.0523. The molecule has 0 radical (unpaired) electrons. The molecule has 0 fully saturated rings. The molecule has 0 aliphatic rings. The molecule has 0 aliphatic heterocycles. The largest absolute Gasteiger partial charge is 0.462 e. The first kappa shape index (κ1) is 15.4. The molecular formula is C16H18N2O2S. The summed E-state index contributed by atoms with van der Waals surface area (Å²) in [4.78, 5) is 21.2. The maximum atomic E-state index is 12.2. The molecule has 2 aromatic rings. The number of hydrogen-bond acceptors (Lipinski definition) is 5. The molecule has 21 heavy (non-hydrogen) atoms. The van der Waals surface area contributed by atoms with Gasteiger partial charge in [-0.2, -0.15) is 0 Å². The van der Waals surface area contributed by atoms with Crippen LogP contribution in [0.3, 0.4) is 0 Å². The van der Waals surface area contributed by atoms with Crippen molar-refractivity contribution in [2.45, 2.75) is 27.2 Å². The van der Waals surface area contributed by atoms with Gasteiger partial charge in [0.1, 0.15) is 10.2 Å². The third-order valence-corrected chi connectivity index (χ3v) is 3.96. The van der Waals surface area contributed by atoms with Gasteiger partial charge in [-0.15, -0.1) is 11.3 Å². The predicted octanol–water partition coefficient (Wildman–Crippen LogP) is 3.42. The molecule has 4 nitrogen and oxygen atoms in total. The number of carbonyl (C=O) groups excluding carboxylic acids is 1. The van der Waals surface area contributed by atoms with E-state index in [1.54, 1.807) is 6.92 Å². The topological polar surface area (TPSA) is 51.5 Å². The van der Waals surface area contributed by atoms with Gasteiger partial charge in [0.2, 0.25) is 0 Å². The van der Waals surface area contributed by atoms with E-state index in [0.717, 1.165) is 17.1 Å². The van der Waals surface area contributed by atoms with Crippen LogP contribution in [-0.4, -0.2) is 17.6 Å². The molecule has 0 spiro atoms. The number of nitrogens with zero attached hydrogens (tertiary/aromatic N) is 2. The summed E-state index contributed by atoms with van der Waals surface area (Å²) < 4.78 is 5.78. The Balaban J connectivity index is 2.64. The third kappa shape index (κ3) is 3.76. The van der Waals surface area contributed by atoms with Gasteiger partial charge < -0.3 is 4.74 Å². The van der Waals surface area contributed by atoms with E-state index in [4.69, 9.17) is 4.74 Å². The first-order valence-corrected chi connectivity index (χ1v) is 7.74. The molecule has 0 saturated heterocycles. The van der Waals surface area contributed by atoms with E-state index in [0.29, 0.717) is 22.5 Å². The molecule has 5 heteroatoms. The number of rotatable bonds is 4. The zero-order valence-corrected chi connectivity index (χ0v) is 13.2. The first-order chi connectivity index (χ1) is 10.2. The molecular weight excluding hydrogens is 284 g/mol. The summed E-state index contributed by atoms with van der Waals surface area (Å²) in [5.74, 6) is -0.365. The molecule has 0 saturated carbocycles. The van der Waals surface area contributed by atoms with E-state index in [9.17, 15) is 4.79 Å². The normalized spacial score (nSPS) is 11.5. The highest BCUT2D eigenvalue weighted by molar-refractivity contribution is 7.09. The Bertz CT molecular complexity index is 693. The average Bonchev–Trinajstić information content (AvgIpc) is 2.48. The third-order valence-electron chi connectivity index (χ3n) is 2.85. The van der Waals surface area contributed by atoms with Crippen molar-refractivity contribution in [3.8, 4) is 0 Å². The smallest absolute Gasteiger partial charge is 0.343 e. The Kier molecular flexibility index (Phi) is 5.22. The van der Waals surface area contributed by atoms with Crippen LogP contribution in [0.25, 0.3) is 0 Å².